The molecule has 20 heavy (non-hydrogen) atoms. The van der Waals surface area contributed by atoms with Crippen molar-refractivity contribution in [1.29, 1.82) is 0 Å². The summed E-state index contributed by atoms with van der Waals surface area (Å²) in [4.78, 5) is 12.3. The summed E-state index contributed by atoms with van der Waals surface area (Å²) in [5, 5.41) is 1.54. The predicted octanol–water partition coefficient (Wildman–Crippen LogP) is 3.95. The van der Waals surface area contributed by atoms with Gasteiger partial charge in [-0.2, -0.15) is 0 Å². The highest BCUT2D eigenvalue weighted by Crippen LogP contribution is 2.16. The molecule has 0 bridgehead atoms. The van der Waals surface area contributed by atoms with Crippen LogP contribution in [0.5, 0.6) is 0 Å². The van der Waals surface area contributed by atoms with Crippen LogP contribution in [0.15, 0.2) is 64.0 Å². The first kappa shape index (κ1) is 13.1. The quantitative estimate of drug-likeness (QED) is 0.696. The minimum Gasteiger partial charge on any atom is -0.310 e. The van der Waals surface area contributed by atoms with E-state index in [0.29, 0.717) is 15.4 Å². The van der Waals surface area contributed by atoms with Crippen LogP contribution in [0.2, 0.25) is 0 Å². The summed E-state index contributed by atoms with van der Waals surface area (Å²) in [5.41, 5.74) is 0.385. The van der Waals surface area contributed by atoms with Gasteiger partial charge in [-0.05, 0) is 29.7 Å². The maximum atomic E-state index is 13.8. The third-order valence-electron chi connectivity index (χ3n) is 3.24. The van der Waals surface area contributed by atoms with Crippen LogP contribution in [0.4, 0.5) is 4.39 Å². The van der Waals surface area contributed by atoms with Crippen molar-refractivity contribution in [2.45, 2.75) is 6.54 Å². The number of pyridine rings is 1. The smallest absolute Gasteiger partial charge is 0.258 e. The normalized spacial score (nSPS) is 10.9. The molecule has 0 spiro atoms. The van der Waals surface area contributed by atoms with Crippen molar-refractivity contribution >= 4 is 26.7 Å². The molecule has 0 aliphatic heterocycles. The van der Waals surface area contributed by atoms with E-state index in [1.165, 1.54) is 10.6 Å². The van der Waals surface area contributed by atoms with Gasteiger partial charge in [-0.15, -0.1) is 0 Å². The molecule has 0 atom stereocenters. The molecule has 4 heteroatoms. The van der Waals surface area contributed by atoms with Crippen molar-refractivity contribution in [3.05, 3.63) is 80.9 Å². The first-order chi connectivity index (χ1) is 9.65. The van der Waals surface area contributed by atoms with Gasteiger partial charge in [0.2, 0.25) is 0 Å². The largest absolute Gasteiger partial charge is 0.310 e. The number of hydrogen-bond acceptors (Lipinski definition) is 1. The molecule has 0 unspecified atom stereocenters. The predicted molar refractivity (Wildman–Crippen MR) is 81.4 cm³/mol. The summed E-state index contributed by atoms with van der Waals surface area (Å²) in [7, 11) is 0. The Hall–Kier alpha value is -1.94. The van der Waals surface area contributed by atoms with Gasteiger partial charge in [-0.3, -0.25) is 4.79 Å². The SMILES string of the molecule is O=c1c2ccccc2ccn1Cc1ccc(Br)cc1F. The number of aromatic nitrogens is 1. The second-order valence-electron chi connectivity index (χ2n) is 4.57. The van der Waals surface area contributed by atoms with E-state index in [9.17, 15) is 9.18 Å². The van der Waals surface area contributed by atoms with E-state index in [4.69, 9.17) is 0 Å². The van der Waals surface area contributed by atoms with Gasteiger partial charge in [-0.1, -0.05) is 40.2 Å². The first-order valence-electron chi connectivity index (χ1n) is 6.17. The summed E-state index contributed by atoms with van der Waals surface area (Å²) in [6.45, 7) is 0.225. The fraction of sp³-hybridized carbons (Fsp3) is 0.0625. The Balaban J connectivity index is 2.07. The van der Waals surface area contributed by atoms with Crippen LogP contribution in [0.1, 0.15) is 5.56 Å². The summed E-state index contributed by atoms with van der Waals surface area (Å²) >= 11 is 3.22. The van der Waals surface area contributed by atoms with E-state index in [0.717, 1.165) is 5.39 Å². The molecular weight excluding hydrogens is 321 g/mol. The molecule has 0 radical (unpaired) electrons. The average molecular weight is 332 g/mol. The van der Waals surface area contributed by atoms with Crippen molar-refractivity contribution in [2.75, 3.05) is 0 Å². The van der Waals surface area contributed by atoms with E-state index >= 15 is 0 Å². The Morgan fingerprint density at radius 3 is 2.70 bits per heavy atom. The topological polar surface area (TPSA) is 22.0 Å². The molecule has 100 valence electrons. The van der Waals surface area contributed by atoms with E-state index in [-0.39, 0.29) is 17.9 Å². The lowest BCUT2D eigenvalue weighted by molar-refractivity contribution is 0.596. The highest BCUT2D eigenvalue weighted by molar-refractivity contribution is 9.10. The van der Waals surface area contributed by atoms with Crippen LogP contribution < -0.4 is 5.56 Å². The molecule has 0 saturated carbocycles. The van der Waals surface area contributed by atoms with E-state index in [1.807, 2.05) is 24.3 Å². The molecule has 2 aromatic carbocycles. The number of benzene rings is 2. The molecule has 3 rings (SSSR count). The number of halogens is 2. The van der Waals surface area contributed by atoms with Crippen LogP contribution in [0.25, 0.3) is 10.8 Å². The van der Waals surface area contributed by atoms with Gasteiger partial charge >= 0.3 is 0 Å². The zero-order valence-electron chi connectivity index (χ0n) is 10.5. The Kier molecular flexibility index (Phi) is 3.40. The standard InChI is InChI=1S/C16H11BrFNO/c17-13-6-5-12(15(18)9-13)10-19-8-7-11-3-1-2-4-14(11)16(19)20/h1-9H,10H2. The van der Waals surface area contributed by atoms with Gasteiger partial charge in [0.15, 0.2) is 0 Å². The minimum absolute atomic E-state index is 0.106. The monoisotopic (exact) mass is 331 g/mol. The lowest BCUT2D eigenvalue weighted by Crippen LogP contribution is -2.20. The van der Waals surface area contributed by atoms with Gasteiger partial charge in [0, 0.05) is 21.6 Å². The fourth-order valence-corrected chi connectivity index (χ4v) is 2.52. The van der Waals surface area contributed by atoms with Gasteiger partial charge in [0.25, 0.3) is 5.56 Å². The molecule has 1 heterocycles. The zero-order chi connectivity index (χ0) is 14.1. The molecule has 3 aromatic rings. The highest BCUT2D eigenvalue weighted by Gasteiger charge is 2.06. The summed E-state index contributed by atoms with van der Waals surface area (Å²) in [6, 6.07) is 14.1. The summed E-state index contributed by atoms with van der Waals surface area (Å²) < 4.78 is 16.0. The molecule has 0 saturated heterocycles. The Labute approximate surface area is 123 Å². The lowest BCUT2D eigenvalue weighted by Gasteiger charge is -2.08. The molecule has 1 aromatic heterocycles. The molecular formula is C16H11BrFNO. The Morgan fingerprint density at radius 1 is 1.10 bits per heavy atom. The second-order valence-corrected chi connectivity index (χ2v) is 5.49. The molecule has 2 nitrogen and oxygen atoms in total. The van der Waals surface area contributed by atoms with Crippen LogP contribution in [-0.4, -0.2) is 4.57 Å². The number of fused-ring (bicyclic) bond motifs is 1. The molecule has 0 aliphatic rings. The van der Waals surface area contributed by atoms with Gasteiger partial charge in [0.05, 0.1) is 6.54 Å². The number of rotatable bonds is 2. The maximum Gasteiger partial charge on any atom is 0.258 e. The van der Waals surface area contributed by atoms with Crippen molar-refractivity contribution in [2.24, 2.45) is 0 Å². The number of hydrogen-bond donors (Lipinski definition) is 0. The third kappa shape index (κ3) is 2.39. The average Bonchev–Trinajstić information content (AvgIpc) is 2.45. The summed E-state index contributed by atoms with van der Waals surface area (Å²) in [5.74, 6) is -0.320. The molecule has 0 amide bonds. The van der Waals surface area contributed by atoms with Gasteiger partial charge in [0.1, 0.15) is 5.82 Å². The van der Waals surface area contributed by atoms with Crippen LogP contribution in [0, 0.1) is 5.82 Å². The molecule has 0 N–H and O–H groups in total. The second kappa shape index (κ2) is 5.21. The van der Waals surface area contributed by atoms with Crippen LogP contribution in [0.3, 0.4) is 0 Å². The van der Waals surface area contributed by atoms with Crippen molar-refractivity contribution in [3.8, 4) is 0 Å². The number of nitrogens with zero attached hydrogens (tertiary/aromatic N) is 1. The van der Waals surface area contributed by atoms with Gasteiger partial charge in [-0.25, -0.2) is 4.39 Å². The summed E-state index contributed by atoms with van der Waals surface area (Å²) in [6.07, 6.45) is 1.70. The lowest BCUT2D eigenvalue weighted by atomic mass is 10.1. The van der Waals surface area contributed by atoms with Crippen molar-refractivity contribution in [1.82, 2.24) is 4.57 Å². The van der Waals surface area contributed by atoms with Gasteiger partial charge < -0.3 is 4.57 Å². The van der Waals surface area contributed by atoms with Crippen LogP contribution in [-0.2, 0) is 6.54 Å². The fourth-order valence-electron chi connectivity index (χ4n) is 2.19. The Morgan fingerprint density at radius 2 is 1.90 bits per heavy atom. The highest BCUT2D eigenvalue weighted by atomic mass is 79.9. The van der Waals surface area contributed by atoms with Crippen molar-refractivity contribution < 1.29 is 4.39 Å². The van der Waals surface area contributed by atoms with Crippen molar-refractivity contribution in [3.63, 3.8) is 0 Å². The molecule has 0 fully saturated rings. The van der Waals surface area contributed by atoms with E-state index < -0.39 is 0 Å². The Bertz CT molecular complexity index is 841. The maximum absolute atomic E-state index is 13.8. The van der Waals surface area contributed by atoms with E-state index in [1.54, 1.807) is 24.4 Å². The minimum atomic E-state index is -0.320. The van der Waals surface area contributed by atoms with Crippen LogP contribution >= 0.6 is 15.9 Å². The zero-order valence-corrected chi connectivity index (χ0v) is 12.1. The van der Waals surface area contributed by atoms with E-state index in [2.05, 4.69) is 15.9 Å². The molecule has 0 aliphatic carbocycles. The first-order valence-corrected chi connectivity index (χ1v) is 6.96. The third-order valence-corrected chi connectivity index (χ3v) is 3.74.